The van der Waals surface area contributed by atoms with Crippen molar-refractivity contribution in [1.29, 1.82) is 0 Å². The number of amides is 1. The first-order valence-electron chi connectivity index (χ1n) is 15.5. The lowest BCUT2D eigenvalue weighted by Gasteiger charge is -2.24. The number of carbonyl (C=O) groups excluding carboxylic acids is 1. The average Bonchev–Trinajstić information content (AvgIpc) is 3.53. The number of alkyl halides is 3. The summed E-state index contributed by atoms with van der Waals surface area (Å²) in [4.78, 5) is 23.1. The monoisotopic (exact) mass is 630 g/mol. The van der Waals surface area contributed by atoms with E-state index in [0.717, 1.165) is 12.8 Å². The van der Waals surface area contributed by atoms with Gasteiger partial charge in [0.15, 0.2) is 6.23 Å². The van der Waals surface area contributed by atoms with Crippen molar-refractivity contribution in [3.8, 4) is 0 Å². The Labute approximate surface area is 259 Å². The fraction of sp³-hybridized carbons (Fsp3) is 0.562. The maximum atomic E-state index is 15.5. The fourth-order valence-corrected chi connectivity index (χ4v) is 6.53. The summed E-state index contributed by atoms with van der Waals surface area (Å²) in [7, 11) is 0. The molecule has 1 N–H and O–H groups in total. The topological polar surface area (TPSA) is 94.4 Å². The second-order valence-electron chi connectivity index (χ2n) is 13.0. The summed E-state index contributed by atoms with van der Waals surface area (Å²) in [5.74, 6) is -0.214. The highest BCUT2D eigenvalue weighted by atomic mass is 19.4. The molecule has 0 spiro atoms. The van der Waals surface area contributed by atoms with Crippen LogP contribution in [-0.4, -0.2) is 68.3 Å². The Morgan fingerprint density at radius 1 is 1.09 bits per heavy atom. The molecule has 2 unspecified atom stereocenters. The molecule has 1 amide bonds. The summed E-state index contributed by atoms with van der Waals surface area (Å²) in [6.07, 6.45) is 0.946. The van der Waals surface area contributed by atoms with Gasteiger partial charge in [-0.25, -0.2) is 14.5 Å². The van der Waals surface area contributed by atoms with Crippen molar-refractivity contribution < 1.29 is 31.8 Å². The first-order valence-corrected chi connectivity index (χ1v) is 15.5. The van der Waals surface area contributed by atoms with Crippen molar-refractivity contribution >= 4 is 28.4 Å². The number of ether oxygens (including phenoxy) is 2. The quantitative estimate of drug-likeness (QED) is 0.299. The highest BCUT2D eigenvalue weighted by molar-refractivity contribution is 5.92. The summed E-state index contributed by atoms with van der Waals surface area (Å²) in [6, 6.07) is 3.39. The first kappa shape index (κ1) is 31.3. The Balaban J connectivity index is 1.31. The molecule has 2 fully saturated rings. The third kappa shape index (κ3) is 6.92. The summed E-state index contributed by atoms with van der Waals surface area (Å²) < 4.78 is 69.9. The molecule has 4 heterocycles. The van der Waals surface area contributed by atoms with E-state index in [0.29, 0.717) is 78.8 Å². The number of hydrogen-bond donors (Lipinski definition) is 1. The van der Waals surface area contributed by atoms with Crippen LogP contribution in [-0.2, 0) is 15.9 Å². The SMILES string of the molecule is CC(C)(C)OC(=O)N1CCC(Nc2cnc(C3=C(CC(F)(F)F)CCCc4c3ccc3c4c(F)nn3C3CCCCO3)cn2)C1. The molecular formula is C32H38F4N6O3. The number of fused-ring (bicyclic) bond motifs is 3. The predicted molar refractivity (Wildman–Crippen MR) is 160 cm³/mol. The van der Waals surface area contributed by atoms with E-state index in [9.17, 15) is 18.0 Å². The number of allylic oxidation sites excluding steroid dienone is 1. The molecule has 1 aromatic carbocycles. The number of likely N-dealkylation sites (tertiary alicyclic amines) is 1. The van der Waals surface area contributed by atoms with Crippen LogP contribution >= 0.6 is 0 Å². The lowest BCUT2D eigenvalue weighted by atomic mass is 9.91. The van der Waals surface area contributed by atoms with Gasteiger partial charge in [0, 0.05) is 31.3 Å². The van der Waals surface area contributed by atoms with E-state index >= 15 is 4.39 Å². The van der Waals surface area contributed by atoms with E-state index in [1.165, 1.54) is 12.4 Å². The Morgan fingerprint density at radius 3 is 2.60 bits per heavy atom. The summed E-state index contributed by atoms with van der Waals surface area (Å²) >= 11 is 0. The summed E-state index contributed by atoms with van der Waals surface area (Å²) in [5, 5.41) is 7.77. The van der Waals surface area contributed by atoms with Crippen molar-refractivity contribution in [3.05, 3.63) is 52.9 Å². The van der Waals surface area contributed by atoms with E-state index in [2.05, 4.69) is 20.4 Å². The molecule has 242 valence electrons. The fourth-order valence-electron chi connectivity index (χ4n) is 6.53. The highest BCUT2D eigenvalue weighted by Crippen LogP contribution is 2.42. The second-order valence-corrected chi connectivity index (χ2v) is 13.0. The molecule has 0 saturated carbocycles. The van der Waals surface area contributed by atoms with Crippen molar-refractivity contribution in [2.45, 2.75) is 96.2 Å². The number of rotatable bonds is 5. The third-order valence-electron chi connectivity index (χ3n) is 8.41. The predicted octanol–water partition coefficient (Wildman–Crippen LogP) is 7.18. The number of nitrogens with one attached hydrogen (secondary N) is 1. The number of anilines is 1. The number of carbonyl (C=O) groups is 1. The molecule has 2 saturated heterocycles. The highest BCUT2D eigenvalue weighted by Gasteiger charge is 2.34. The number of halogens is 4. The van der Waals surface area contributed by atoms with Gasteiger partial charge in [-0.3, -0.25) is 4.98 Å². The minimum atomic E-state index is -4.43. The van der Waals surface area contributed by atoms with Gasteiger partial charge in [0.25, 0.3) is 0 Å². The van der Waals surface area contributed by atoms with Gasteiger partial charge in [0.1, 0.15) is 11.4 Å². The number of benzene rings is 1. The van der Waals surface area contributed by atoms with Crippen molar-refractivity contribution in [3.63, 3.8) is 0 Å². The van der Waals surface area contributed by atoms with Gasteiger partial charge in [-0.05, 0) is 82.9 Å². The molecule has 2 atom stereocenters. The van der Waals surface area contributed by atoms with Crippen LogP contribution in [0.3, 0.4) is 0 Å². The van der Waals surface area contributed by atoms with Crippen LogP contribution in [0.4, 0.5) is 28.2 Å². The number of aryl methyl sites for hydroxylation is 1. The van der Waals surface area contributed by atoms with Gasteiger partial charge in [-0.15, -0.1) is 5.10 Å². The van der Waals surface area contributed by atoms with Crippen LogP contribution in [0.5, 0.6) is 0 Å². The third-order valence-corrected chi connectivity index (χ3v) is 8.41. The van der Waals surface area contributed by atoms with E-state index in [1.807, 2.05) is 20.8 Å². The maximum Gasteiger partial charge on any atom is 0.410 e. The standard InChI is InChI=1S/C32H38F4N6O3/c1-31(2,3)45-30(43)41-13-12-20(18-41)39-25-17-37-23(16-38-25)27-19(15-32(34,35)36)7-6-8-21-22(27)10-11-24-28(21)29(33)40-42(24)26-9-4-5-14-44-26/h10-11,16-17,20,26H,4-9,12-15,18H2,1-3H3,(H,38,39). The average molecular weight is 631 g/mol. The van der Waals surface area contributed by atoms with E-state index in [1.54, 1.807) is 21.7 Å². The molecule has 0 radical (unpaired) electrons. The van der Waals surface area contributed by atoms with E-state index in [4.69, 9.17) is 9.47 Å². The Kier molecular flexibility index (Phi) is 8.49. The van der Waals surface area contributed by atoms with Crippen LogP contribution in [0.1, 0.15) is 88.8 Å². The largest absolute Gasteiger partial charge is 0.444 e. The Hall–Kier alpha value is -3.74. The molecule has 1 aliphatic carbocycles. The number of aromatic nitrogens is 4. The smallest absolute Gasteiger partial charge is 0.410 e. The van der Waals surface area contributed by atoms with E-state index < -0.39 is 24.1 Å². The van der Waals surface area contributed by atoms with Gasteiger partial charge in [0.05, 0.1) is 35.4 Å². The number of nitrogens with zero attached hydrogens (tertiary/aromatic N) is 5. The lowest BCUT2D eigenvalue weighted by Crippen LogP contribution is -2.36. The molecule has 45 heavy (non-hydrogen) atoms. The lowest BCUT2D eigenvalue weighted by molar-refractivity contribution is -0.127. The molecule has 6 rings (SSSR count). The minimum absolute atomic E-state index is 0.0859. The second kappa shape index (κ2) is 12.2. The van der Waals surface area contributed by atoms with Gasteiger partial charge < -0.3 is 19.7 Å². The van der Waals surface area contributed by atoms with Crippen molar-refractivity contribution in [1.82, 2.24) is 24.6 Å². The van der Waals surface area contributed by atoms with Gasteiger partial charge in [-0.2, -0.15) is 17.6 Å². The summed E-state index contributed by atoms with van der Waals surface area (Å²) in [6.45, 7) is 6.96. The zero-order valence-corrected chi connectivity index (χ0v) is 25.7. The molecular weight excluding hydrogens is 592 g/mol. The maximum absolute atomic E-state index is 15.5. The zero-order valence-electron chi connectivity index (χ0n) is 25.7. The van der Waals surface area contributed by atoms with Crippen molar-refractivity contribution in [2.75, 3.05) is 25.0 Å². The van der Waals surface area contributed by atoms with Gasteiger partial charge in [-0.1, -0.05) is 11.6 Å². The van der Waals surface area contributed by atoms with Gasteiger partial charge >= 0.3 is 12.3 Å². The zero-order chi connectivity index (χ0) is 31.9. The van der Waals surface area contributed by atoms with Crippen LogP contribution in [0.25, 0.3) is 16.5 Å². The van der Waals surface area contributed by atoms with Crippen LogP contribution in [0, 0.1) is 5.95 Å². The molecule has 9 nitrogen and oxygen atoms in total. The molecule has 0 bridgehead atoms. The molecule has 2 aliphatic heterocycles. The summed E-state index contributed by atoms with van der Waals surface area (Å²) in [5.41, 5.74) is 1.92. The molecule has 3 aliphatic rings. The molecule has 2 aromatic heterocycles. The van der Waals surface area contributed by atoms with Crippen LogP contribution in [0.2, 0.25) is 0 Å². The van der Waals surface area contributed by atoms with Crippen molar-refractivity contribution in [2.24, 2.45) is 0 Å². The molecule has 3 aromatic rings. The normalized spacial score (nSPS) is 21.2. The Bertz CT molecular complexity index is 1590. The van der Waals surface area contributed by atoms with Gasteiger partial charge in [0.2, 0.25) is 5.95 Å². The first-order chi connectivity index (χ1) is 21.4. The van der Waals surface area contributed by atoms with Crippen LogP contribution < -0.4 is 5.32 Å². The number of hydrogen-bond acceptors (Lipinski definition) is 7. The molecule has 13 heteroatoms. The van der Waals surface area contributed by atoms with Crippen LogP contribution in [0.15, 0.2) is 30.1 Å². The Morgan fingerprint density at radius 2 is 1.91 bits per heavy atom. The van der Waals surface area contributed by atoms with E-state index in [-0.39, 0.29) is 36.1 Å². The minimum Gasteiger partial charge on any atom is -0.444 e.